The van der Waals surface area contributed by atoms with Crippen molar-refractivity contribution >= 4 is 11.6 Å². The molecule has 1 heterocycles. The summed E-state index contributed by atoms with van der Waals surface area (Å²) in [6.07, 6.45) is -4.79. The van der Waals surface area contributed by atoms with Gasteiger partial charge in [-0.1, -0.05) is 11.6 Å². The van der Waals surface area contributed by atoms with Gasteiger partial charge in [-0.2, -0.15) is 5.10 Å². The minimum Gasteiger partial charge on any atom is -0.382 e. The van der Waals surface area contributed by atoms with Crippen molar-refractivity contribution in [2.75, 3.05) is 0 Å². The first kappa shape index (κ1) is 11.3. The van der Waals surface area contributed by atoms with Gasteiger partial charge in [-0.25, -0.2) is 8.78 Å². The van der Waals surface area contributed by atoms with Gasteiger partial charge in [0.25, 0.3) is 6.43 Å². The van der Waals surface area contributed by atoms with Crippen molar-refractivity contribution in [1.82, 2.24) is 10.2 Å². The molecule has 0 aromatic carbocycles. The highest BCUT2D eigenvalue weighted by Crippen LogP contribution is 2.29. The van der Waals surface area contributed by atoms with Crippen molar-refractivity contribution in [3.63, 3.8) is 0 Å². The number of aryl methyl sites for hydroxylation is 1. The maximum absolute atomic E-state index is 12.2. The van der Waals surface area contributed by atoms with E-state index in [1.54, 1.807) is 13.8 Å². The minimum atomic E-state index is -2.88. The summed E-state index contributed by atoms with van der Waals surface area (Å²) in [5.41, 5.74) is 0.871. The molecule has 1 N–H and O–H groups in total. The van der Waals surface area contributed by atoms with Crippen LogP contribution in [0.25, 0.3) is 0 Å². The summed E-state index contributed by atoms with van der Waals surface area (Å²) in [5.74, 6) is 0. The topological polar surface area (TPSA) is 46.0 Å². The summed E-state index contributed by atoms with van der Waals surface area (Å²) in [4.78, 5) is 0. The summed E-state index contributed by atoms with van der Waals surface area (Å²) in [6.45, 7) is 3.18. The molecule has 1 aromatic rings. The number of aliphatic hydroxyl groups excluding tert-OH is 1. The SMILES string of the molecule is Cc1nnc(Cl)c(C(O)C(F)F)c1C. The fraction of sp³-hybridized carbons (Fsp3) is 0.500. The van der Waals surface area contributed by atoms with Gasteiger partial charge in [0.1, 0.15) is 6.10 Å². The van der Waals surface area contributed by atoms with Crippen molar-refractivity contribution < 1.29 is 13.9 Å². The average molecular weight is 223 g/mol. The molecule has 1 atom stereocenters. The molecule has 6 heteroatoms. The Bertz CT molecular complexity index is 346. The molecule has 0 aliphatic heterocycles. The second kappa shape index (κ2) is 4.14. The fourth-order valence-corrected chi connectivity index (χ4v) is 1.36. The summed E-state index contributed by atoms with van der Waals surface area (Å²) in [7, 11) is 0. The molecule has 14 heavy (non-hydrogen) atoms. The lowest BCUT2D eigenvalue weighted by atomic mass is 10.1. The van der Waals surface area contributed by atoms with Gasteiger partial charge in [0.15, 0.2) is 5.15 Å². The third-order valence-electron chi connectivity index (χ3n) is 1.99. The number of aliphatic hydroxyl groups is 1. The second-order valence-corrected chi connectivity index (χ2v) is 3.25. The largest absolute Gasteiger partial charge is 0.382 e. The van der Waals surface area contributed by atoms with Gasteiger partial charge in [0.2, 0.25) is 0 Å². The van der Waals surface area contributed by atoms with E-state index in [4.69, 9.17) is 11.6 Å². The van der Waals surface area contributed by atoms with E-state index in [2.05, 4.69) is 10.2 Å². The van der Waals surface area contributed by atoms with E-state index in [0.29, 0.717) is 11.3 Å². The highest BCUT2D eigenvalue weighted by Gasteiger charge is 2.25. The lowest BCUT2D eigenvalue weighted by Gasteiger charge is -2.14. The van der Waals surface area contributed by atoms with E-state index in [1.165, 1.54) is 0 Å². The molecule has 0 bridgehead atoms. The normalized spacial score (nSPS) is 13.4. The Hall–Kier alpha value is -0.810. The second-order valence-electron chi connectivity index (χ2n) is 2.89. The highest BCUT2D eigenvalue weighted by molar-refractivity contribution is 6.30. The van der Waals surface area contributed by atoms with Crippen molar-refractivity contribution in [3.8, 4) is 0 Å². The molecule has 0 fully saturated rings. The smallest absolute Gasteiger partial charge is 0.268 e. The predicted octanol–water partition coefficient (Wildman–Crippen LogP) is 2.05. The van der Waals surface area contributed by atoms with Crippen LogP contribution >= 0.6 is 11.6 Å². The Morgan fingerprint density at radius 1 is 1.29 bits per heavy atom. The molecule has 1 aromatic heterocycles. The zero-order valence-corrected chi connectivity index (χ0v) is 8.39. The van der Waals surface area contributed by atoms with Gasteiger partial charge in [-0.3, -0.25) is 0 Å². The molecule has 0 aliphatic rings. The van der Waals surface area contributed by atoms with Crippen LogP contribution in [0.2, 0.25) is 5.15 Å². The summed E-state index contributed by atoms with van der Waals surface area (Å²) in [5, 5.41) is 16.1. The van der Waals surface area contributed by atoms with Crippen LogP contribution < -0.4 is 0 Å². The number of hydrogen-bond acceptors (Lipinski definition) is 3. The lowest BCUT2D eigenvalue weighted by molar-refractivity contribution is -0.00638. The lowest BCUT2D eigenvalue weighted by Crippen LogP contribution is -2.12. The quantitative estimate of drug-likeness (QED) is 0.833. The monoisotopic (exact) mass is 222 g/mol. The Labute approximate surface area is 84.7 Å². The van der Waals surface area contributed by atoms with Crippen molar-refractivity contribution in [3.05, 3.63) is 22.0 Å². The minimum absolute atomic E-state index is 0.0471. The highest BCUT2D eigenvalue weighted by atomic mass is 35.5. The molecule has 1 unspecified atom stereocenters. The average Bonchev–Trinajstić information content (AvgIpc) is 2.12. The molecule has 0 aliphatic carbocycles. The Morgan fingerprint density at radius 3 is 2.36 bits per heavy atom. The Balaban J connectivity index is 3.25. The van der Waals surface area contributed by atoms with Crippen molar-refractivity contribution in [1.29, 1.82) is 0 Å². The summed E-state index contributed by atoms with van der Waals surface area (Å²) in [6, 6.07) is 0. The maximum Gasteiger partial charge on any atom is 0.268 e. The predicted molar refractivity (Wildman–Crippen MR) is 47.5 cm³/mol. The van der Waals surface area contributed by atoms with E-state index in [9.17, 15) is 13.9 Å². The zero-order valence-electron chi connectivity index (χ0n) is 7.63. The van der Waals surface area contributed by atoms with Gasteiger partial charge < -0.3 is 5.11 Å². The van der Waals surface area contributed by atoms with Gasteiger partial charge in [0, 0.05) is 5.56 Å². The third kappa shape index (κ3) is 1.99. The van der Waals surface area contributed by atoms with Gasteiger partial charge in [-0.15, -0.1) is 5.10 Å². The number of hydrogen-bond donors (Lipinski definition) is 1. The van der Waals surface area contributed by atoms with E-state index in [-0.39, 0.29) is 10.7 Å². The zero-order chi connectivity index (χ0) is 10.9. The number of aromatic nitrogens is 2. The van der Waals surface area contributed by atoms with Crippen LogP contribution in [0.3, 0.4) is 0 Å². The van der Waals surface area contributed by atoms with Crippen LogP contribution in [0.5, 0.6) is 0 Å². The van der Waals surface area contributed by atoms with Crippen LogP contribution in [-0.4, -0.2) is 21.7 Å². The molecule has 0 saturated carbocycles. The molecular weight excluding hydrogens is 214 g/mol. The number of alkyl halides is 2. The molecular formula is C8H9ClF2N2O. The molecule has 1 rings (SSSR count). The Morgan fingerprint density at radius 2 is 1.86 bits per heavy atom. The molecule has 0 amide bonds. The molecule has 3 nitrogen and oxygen atoms in total. The molecule has 0 radical (unpaired) electrons. The number of halogens is 3. The van der Waals surface area contributed by atoms with Gasteiger partial charge in [0.05, 0.1) is 5.69 Å². The fourth-order valence-electron chi connectivity index (χ4n) is 1.07. The van der Waals surface area contributed by atoms with Gasteiger partial charge >= 0.3 is 0 Å². The summed E-state index contributed by atoms with van der Waals surface area (Å²) >= 11 is 5.57. The molecule has 78 valence electrons. The maximum atomic E-state index is 12.2. The van der Waals surface area contributed by atoms with Crippen LogP contribution in [0, 0.1) is 13.8 Å². The summed E-state index contributed by atoms with van der Waals surface area (Å²) < 4.78 is 24.5. The van der Waals surface area contributed by atoms with Gasteiger partial charge in [-0.05, 0) is 19.4 Å². The first-order chi connectivity index (χ1) is 6.45. The van der Waals surface area contributed by atoms with Crippen LogP contribution in [-0.2, 0) is 0 Å². The van der Waals surface area contributed by atoms with E-state index in [1.807, 2.05) is 0 Å². The van der Waals surface area contributed by atoms with Crippen LogP contribution in [0.4, 0.5) is 8.78 Å². The van der Waals surface area contributed by atoms with Crippen molar-refractivity contribution in [2.45, 2.75) is 26.4 Å². The Kier molecular flexibility index (Phi) is 3.34. The van der Waals surface area contributed by atoms with Crippen LogP contribution in [0.1, 0.15) is 22.9 Å². The van der Waals surface area contributed by atoms with E-state index in [0.717, 1.165) is 0 Å². The molecule has 0 saturated heterocycles. The van der Waals surface area contributed by atoms with E-state index >= 15 is 0 Å². The third-order valence-corrected chi connectivity index (χ3v) is 2.27. The number of nitrogens with zero attached hydrogens (tertiary/aromatic N) is 2. The van der Waals surface area contributed by atoms with E-state index < -0.39 is 12.5 Å². The van der Waals surface area contributed by atoms with Crippen LogP contribution in [0.15, 0.2) is 0 Å². The number of rotatable bonds is 2. The first-order valence-corrected chi connectivity index (χ1v) is 4.28. The van der Waals surface area contributed by atoms with Crippen molar-refractivity contribution in [2.24, 2.45) is 0 Å². The standard InChI is InChI=1S/C8H9ClF2N2O/c1-3-4(2)12-13-7(9)5(3)6(14)8(10)11/h6,8,14H,1-2H3. The molecule has 0 spiro atoms. The first-order valence-electron chi connectivity index (χ1n) is 3.90.